The van der Waals surface area contributed by atoms with Crippen molar-refractivity contribution in [2.24, 2.45) is 51.6 Å². The zero-order valence-electron chi connectivity index (χ0n) is 63.6. The van der Waals surface area contributed by atoms with Gasteiger partial charge in [0, 0.05) is 121 Å². The van der Waals surface area contributed by atoms with Gasteiger partial charge in [-0.1, -0.05) is 116 Å². The van der Waals surface area contributed by atoms with Crippen LogP contribution in [0.1, 0.15) is 152 Å². The summed E-state index contributed by atoms with van der Waals surface area (Å²) >= 11 is 0. The minimum Gasteiger partial charge on any atom is -0.493 e. The minimum absolute atomic E-state index is 0.0304. The molecule has 0 fully saturated rings. The van der Waals surface area contributed by atoms with Crippen LogP contribution in [-0.2, 0) is 114 Å². The highest BCUT2D eigenvalue weighted by atomic mass is 16.7. The molecule has 0 bridgehead atoms. The Morgan fingerprint density at radius 3 is 1.52 bits per heavy atom. The molecule has 108 heavy (non-hydrogen) atoms. The first-order chi connectivity index (χ1) is 52.2. The molecule has 20 heteroatoms. The number of carbonyl (C=O) groups excluding carboxylic acids is 1. The number of benzene rings is 9. The molecule has 0 radical (unpaired) electrons. The lowest BCUT2D eigenvalue weighted by Gasteiger charge is -2.16. The Morgan fingerprint density at radius 1 is 0.417 bits per heavy atom. The summed E-state index contributed by atoms with van der Waals surface area (Å²) in [5.41, 5.74) is 71.0. The predicted octanol–water partition coefficient (Wildman–Crippen LogP) is 12.7. The summed E-state index contributed by atoms with van der Waals surface area (Å²) in [5, 5.41) is 1.13. The molecule has 9 aromatic carbocycles. The van der Waals surface area contributed by atoms with Gasteiger partial charge in [-0.3, -0.25) is 4.79 Å². The summed E-state index contributed by atoms with van der Waals surface area (Å²) in [4.78, 5) is 11.8. The summed E-state index contributed by atoms with van der Waals surface area (Å²) in [6, 6.07) is 56.6. The van der Waals surface area contributed by atoms with Crippen LogP contribution >= 0.6 is 0 Å². The lowest BCUT2D eigenvalue weighted by atomic mass is 9.98. The van der Waals surface area contributed by atoms with Crippen molar-refractivity contribution in [2.45, 2.75) is 175 Å². The van der Waals surface area contributed by atoms with E-state index in [0.29, 0.717) is 82.2 Å². The average Bonchev–Trinajstić information content (AvgIpc) is 1.60. The van der Waals surface area contributed by atoms with E-state index in [1.54, 1.807) is 27.2 Å². The van der Waals surface area contributed by atoms with Gasteiger partial charge in [0.15, 0.2) is 5.60 Å². The number of Topliss-reactive ketones (excluding diaryl/α,β-unsaturated/α-hetero) is 1. The van der Waals surface area contributed by atoms with Crippen LogP contribution in [0.4, 0.5) is 0 Å². The molecule has 0 aliphatic carbocycles. The third-order valence-corrected chi connectivity index (χ3v) is 19.4. The quantitative estimate of drug-likeness (QED) is 0.0614. The van der Waals surface area contributed by atoms with Crippen molar-refractivity contribution >= 4 is 16.8 Å². The van der Waals surface area contributed by atoms with E-state index in [1.807, 2.05) is 109 Å². The number of hydrogen-bond acceptors (Lipinski definition) is 20. The molecule has 3 atom stereocenters. The van der Waals surface area contributed by atoms with E-state index in [-0.39, 0.29) is 17.7 Å². The van der Waals surface area contributed by atoms with E-state index in [1.165, 1.54) is 72.3 Å². The molecule has 9 heterocycles. The van der Waals surface area contributed by atoms with Crippen molar-refractivity contribution in [1.29, 1.82) is 0 Å². The largest absolute Gasteiger partial charge is 0.493 e. The number of methoxy groups -OCH3 is 1. The van der Waals surface area contributed by atoms with E-state index < -0.39 is 5.60 Å². The number of ether oxygens (including phenoxy) is 9. The fourth-order valence-corrected chi connectivity index (χ4v) is 13.3. The van der Waals surface area contributed by atoms with E-state index >= 15 is 0 Å². The SMILES string of the molecule is CC1(C)Cc2cc(CN)ccc2O1.CC1(C)Oc2ccc(CN)cc2C1=O.CC1COc2ccc(CN)cc21.CC1Cc2cc(CN)ccc2O1.COC1Cc2cc(CN)ccc2O1.NCc1ccc2c(c1)CCO2.NCc1ccc2c(c1)COC2.NCc1ccc2c(c1)OCC2.NCc1ccc2ccoc2c1. The van der Waals surface area contributed by atoms with Crippen LogP contribution < -0.4 is 84.8 Å². The van der Waals surface area contributed by atoms with Crippen molar-refractivity contribution in [2.75, 3.05) is 26.9 Å². The van der Waals surface area contributed by atoms with Gasteiger partial charge in [-0.25, -0.2) is 0 Å². The van der Waals surface area contributed by atoms with Crippen LogP contribution in [0.25, 0.3) is 11.0 Å². The first-order valence-corrected chi connectivity index (χ1v) is 37.2. The fraction of sp³-hybridized carbons (Fsp3) is 0.352. The smallest absolute Gasteiger partial charge is 0.209 e. The number of fused-ring (bicyclic) bond motifs is 9. The van der Waals surface area contributed by atoms with Crippen molar-refractivity contribution < 1.29 is 51.8 Å². The second-order valence-electron chi connectivity index (χ2n) is 28.6. The molecule has 3 unspecified atom stereocenters. The highest BCUT2D eigenvalue weighted by Crippen LogP contribution is 2.38. The Balaban J connectivity index is 0.000000130. The van der Waals surface area contributed by atoms with Gasteiger partial charge >= 0.3 is 0 Å². The maximum Gasteiger partial charge on any atom is 0.209 e. The summed E-state index contributed by atoms with van der Waals surface area (Å²) in [5.74, 6) is 7.26. The second kappa shape index (κ2) is 38.4. The molecule has 0 spiro atoms. The van der Waals surface area contributed by atoms with E-state index in [9.17, 15) is 4.79 Å². The molecule has 572 valence electrons. The molecular weight excluding hydrogens is 1360 g/mol. The molecule has 1 aromatic heterocycles. The van der Waals surface area contributed by atoms with E-state index in [4.69, 9.17) is 98.7 Å². The van der Waals surface area contributed by atoms with Gasteiger partial charge in [0.25, 0.3) is 0 Å². The van der Waals surface area contributed by atoms with Gasteiger partial charge < -0.3 is 98.7 Å². The molecule has 0 saturated carbocycles. The minimum atomic E-state index is -0.727. The van der Waals surface area contributed by atoms with Crippen molar-refractivity contribution in [3.63, 3.8) is 0 Å². The van der Waals surface area contributed by atoms with Crippen LogP contribution in [0.2, 0.25) is 0 Å². The highest BCUT2D eigenvalue weighted by molar-refractivity contribution is 6.07. The third kappa shape index (κ3) is 21.6. The standard InChI is InChI=1S/C11H13NO2.C11H15NO.C10H13NO2.2C10H13NO.3C9H11NO.C9H9NO/c1-11(2)10(13)8-5-7(6-12)3-4-9(8)14-11;1-11(2)6-9-5-8(7-12)3-4-10(9)13-11;1-12-10-5-8-4-7(6-11)2-3-9(8)13-10;1-7-6-12-10-3-2-8(5-11)4-9(7)10;1-7-4-9-5-8(6-11)2-3-10(9)12-7;10-4-7-1-2-8-5-11-6-9(8)3-7;10-6-7-1-2-9-8(5-7)3-4-11-9;2*10-6-7-1-2-8-3-4-11-9(8)5-7/h3-5H,6,12H2,1-2H3;3-5H,6-7,12H2,1-2H3;2-4,10H,5-6,11H2,1H3;2-4,7H,5-6,11H2,1H3;2-3,5,7H,4,6,11H2,1H3;1-3H,4-6,10H2;2*1-2,5H,3-4,6,10H2;1-5H,6,10H2. The molecule has 10 aromatic rings. The maximum absolute atomic E-state index is 11.8. The summed E-state index contributed by atoms with van der Waals surface area (Å²) in [6.45, 7) is 21.2. The van der Waals surface area contributed by atoms with Gasteiger partial charge in [0.2, 0.25) is 12.1 Å². The Labute approximate surface area is 635 Å². The molecular formula is C88H109N9O11. The summed E-state index contributed by atoms with van der Waals surface area (Å²) in [7, 11) is 1.65. The third-order valence-electron chi connectivity index (χ3n) is 19.4. The van der Waals surface area contributed by atoms with Gasteiger partial charge in [-0.05, 0) is 179 Å². The zero-order valence-corrected chi connectivity index (χ0v) is 63.6. The van der Waals surface area contributed by atoms with Gasteiger partial charge in [-0.2, -0.15) is 0 Å². The Kier molecular flexibility index (Phi) is 28.8. The first-order valence-electron chi connectivity index (χ1n) is 37.2. The molecule has 0 saturated heterocycles. The fourth-order valence-electron chi connectivity index (χ4n) is 13.3. The van der Waals surface area contributed by atoms with Gasteiger partial charge in [0.1, 0.15) is 57.5 Å². The lowest BCUT2D eigenvalue weighted by Crippen LogP contribution is -2.31. The molecule has 8 aliphatic heterocycles. The topological polar surface area (TPSA) is 347 Å². The predicted molar refractivity (Wildman–Crippen MR) is 426 cm³/mol. The highest BCUT2D eigenvalue weighted by Gasteiger charge is 2.39. The normalized spacial score (nSPS) is 16.9. The van der Waals surface area contributed by atoms with Crippen LogP contribution in [0.5, 0.6) is 40.2 Å². The number of hydrogen-bond donors (Lipinski definition) is 9. The summed E-state index contributed by atoms with van der Waals surface area (Å²) in [6.07, 6.45) is 6.78. The Hall–Kier alpha value is -9.65. The average molecular weight is 1470 g/mol. The number of furan rings is 1. The van der Waals surface area contributed by atoms with Crippen molar-refractivity contribution in [1.82, 2.24) is 0 Å². The lowest BCUT2D eigenvalue weighted by molar-refractivity contribution is -0.0367. The Morgan fingerprint density at radius 2 is 0.889 bits per heavy atom. The summed E-state index contributed by atoms with van der Waals surface area (Å²) < 4.78 is 54.1. The van der Waals surface area contributed by atoms with Crippen LogP contribution in [0.15, 0.2) is 181 Å². The maximum atomic E-state index is 11.8. The molecule has 18 N–H and O–H groups in total. The van der Waals surface area contributed by atoms with E-state index in [2.05, 4.69) is 88.4 Å². The van der Waals surface area contributed by atoms with Crippen LogP contribution in [0.3, 0.4) is 0 Å². The number of carbonyl (C=O) groups is 1. The van der Waals surface area contributed by atoms with Crippen molar-refractivity contribution in [3.8, 4) is 40.2 Å². The van der Waals surface area contributed by atoms with Crippen molar-refractivity contribution in [3.05, 3.63) is 276 Å². The molecule has 0 amide bonds. The monoisotopic (exact) mass is 1470 g/mol. The molecule has 20 nitrogen and oxygen atoms in total. The van der Waals surface area contributed by atoms with Crippen LogP contribution in [-0.4, -0.2) is 56.3 Å². The van der Waals surface area contributed by atoms with Crippen LogP contribution in [0, 0.1) is 0 Å². The number of nitrogens with two attached hydrogens (primary N) is 9. The molecule has 8 aliphatic rings. The molecule has 18 rings (SSSR count). The second-order valence-corrected chi connectivity index (χ2v) is 28.6. The number of ketones is 1. The Bertz CT molecular complexity index is 4500. The number of rotatable bonds is 10. The van der Waals surface area contributed by atoms with Gasteiger partial charge in [0.05, 0.1) is 44.9 Å². The zero-order chi connectivity index (χ0) is 76.9. The van der Waals surface area contributed by atoms with E-state index in [0.717, 1.165) is 133 Å². The first kappa shape index (κ1) is 80.9. The van der Waals surface area contributed by atoms with Gasteiger partial charge in [-0.15, -0.1) is 0 Å².